The van der Waals surface area contributed by atoms with E-state index in [2.05, 4.69) is 5.32 Å². The summed E-state index contributed by atoms with van der Waals surface area (Å²) < 4.78 is 11.4. The van der Waals surface area contributed by atoms with Gasteiger partial charge in [-0.15, -0.1) is 0 Å². The number of anilines is 1. The summed E-state index contributed by atoms with van der Waals surface area (Å²) >= 11 is 0. The fraction of sp³-hybridized carbons (Fsp3) is 0.588. The maximum atomic E-state index is 12.6. The van der Waals surface area contributed by atoms with Crippen LogP contribution in [0, 0.1) is 0 Å². The molecule has 23 heavy (non-hydrogen) atoms. The van der Waals surface area contributed by atoms with Gasteiger partial charge < -0.3 is 24.8 Å². The highest BCUT2D eigenvalue weighted by molar-refractivity contribution is 5.90. The highest BCUT2D eigenvalue weighted by Crippen LogP contribution is 2.41. The van der Waals surface area contributed by atoms with Gasteiger partial charge in [-0.25, -0.2) is 4.79 Å². The van der Waals surface area contributed by atoms with Gasteiger partial charge in [-0.1, -0.05) is 0 Å². The minimum absolute atomic E-state index is 0.0949. The van der Waals surface area contributed by atoms with E-state index in [1.165, 1.54) is 0 Å². The molecule has 2 fully saturated rings. The van der Waals surface area contributed by atoms with Crippen molar-refractivity contribution in [2.45, 2.75) is 63.5 Å². The molecule has 3 aliphatic rings. The van der Waals surface area contributed by atoms with Crippen molar-refractivity contribution in [2.75, 3.05) is 5.32 Å². The van der Waals surface area contributed by atoms with E-state index in [1.807, 2.05) is 30.9 Å². The van der Waals surface area contributed by atoms with Crippen molar-refractivity contribution in [3.63, 3.8) is 0 Å². The van der Waals surface area contributed by atoms with E-state index < -0.39 is 5.79 Å². The molecule has 0 unspecified atom stereocenters. The monoisotopic (exact) mass is 318 g/mol. The lowest BCUT2D eigenvalue weighted by molar-refractivity contribution is -0.0431. The molecule has 2 bridgehead atoms. The quantitative estimate of drug-likeness (QED) is 0.835. The van der Waals surface area contributed by atoms with Crippen LogP contribution >= 0.6 is 0 Å². The summed E-state index contributed by atoms with van der Waals surface area (Å²) in [5, 5.41) is 12.8. The number of carbonyl (C=O) groups excluding carboxylic acids is 1. The molecule has 2 amide bonds. The molecule has 0 aliphatic carbocycles. The van der Waals surface area contributed by atoms with Crippen LogP contribution in [0.25, 0.3) is 0 Å². The Bertz CT molecular complexity index is 631. The van der Waals surface area contributed by atoms with Crippen LogP contribution in [-0.2, 0) is 0 Å². The smallest absolute Gasteiger partial charge is 0.322 e. The Morgan fingerprint density at radius 1 is 1.22 bits per heavy atom. The van der Waals surface area contributed by atoms with E-state index in [4.69, 9.17) is 9.47 Å². The van der Waals surface area contributed by atoms with E-state index in [9.17, 15) is 9.90 Å². The minimum Gasteiger partial charge on any atom is -0.449 e. The van der Waals surface area contributed by atoms with Gasteiger partial charge >= 0.3 is 6.03 Å². The topological polar surface area (TPSA) is 71.0 Å². The number of hydrogen-bond donors (Lipinski definition) is 2. The second kappa shape index (κ2) is 5.03. The molecule has 124 valence electrons. The average molecular weight is 318 g/mol. The zero-order valence-corrected chi connectivity index (χ0v) is 13.4. The minimum atomic E-state index is -0.674. The molecule has 0 saturated carbocycles. The zero-order chi connectivity index (χ0) is 16.2. The van der Waals surface area contributed by atoms with Crippen LogP contribution in [0.1, 0.15) is 39.5 Å². The Balaban J connectivity index is 1.48. The number of amides is 2. The first kappa shape index (κ1) is 14.6. The number of aliphatic hydroxyl groups is 1. The van der Waals surface area contributed by atoms with Gasteiger partial charge in [0.1, 0.15) is 0 Å². The highest BCUT2D eigenvalue weighted by atomic mass is 16.7. The number of carbonyl (C=O) groups is 1. The lowest BCUT2D eigenvalue weighted by Crippen LogP contribution is -2.49. The van der Waals surface area contributed by atoms with Gasteiger partial charge in [-0.2, -0.15) is 0 Å². The van der Waals surface area contributed by atoms with Gasteiger partial charge in [0.2, 0.25) is 5.79 Å². The molecule has 4 rings (SSSR count). The molecule has 2 atom stereocenters. The summed E-state index contributed by atoms with van der Waals surface area (Å²) in [6.45, 7) is 3.70. The predicted octanol–water partition coefficient (Wildman–Crippen LogP) is 2.71. The first-order chi connectivity index (χ1) is 10.9. The SMILES string of the molecule is CC1(C)Oc2ccc(NC(=O)N3[C@H]4CC[C@H]3CC(O)C4)cc2O1. The highest BCUT2D eigenvalue weighted by Gasteiger charge is 2.43. The Morgan fingerprint density at radius 2 is 1.87 bits per heavy atom. The molecule has 1 aromatic carbocycles. The standard InChI is InChI=1S/C17H22N2O4/c1-17(2)22-14-6-3-10(7-15(14)23-17)18-16(21)19-11-4-5-12(19)9-13(20)8-11/h3,6-7,11-13,20H,4-5,8-9H2,1-2H3,(H,18,21)/t11-,12-/m0/s1. The third-order valence-electron chi connectivity index (χ3n) is 4.85. The van der Waals surface area contributed by atoms with Crippen LogP contribution in [0.4, 0.5) is 10.5 Å². The van der Waals surface area contributed by atoms with Crippen LogP contribution in [0.15, 0.2) is 18.2 Å². The molecule has 0 aromatic heterocycles. The molecule has 0 spiro atoms. The number of nitrogens with one attached hydrogen (secondary N) is 1. The summed E-state index contributed by atoms with van der Waals surface area (Å²) in [7, 11) is 0. The van der Waals surface area contributed by atoms with Crippen LogP contribution in [-0.4, -0.2) is 40.0 Å². The second-order valence-corrected chi connectivity index (χ2v) is 7.11. The summed E-state index contributed by atoms with van der Waals surface area (Å²) in [6, 6.07) is 5.63. The Labute approximate surface area is 135 Å². The van der Waals surface area contributed by atoms with Gasteiger partial charge in [-0.3, -0.25) is 0 Å². The van der Waals surface area contributed by atoms with Crippen molar-refractivity contribution in [1.29, 1.82) is 0 Å². The zero-order valence-electron chi connectivity index (χ0n) is 13.4. The first-order valence-corrected chi connectivity index (χ1v) is 8.21. The third-order valence-corrected chi connectivity index (χ3v) is 4.85. The van der Waals surface area contributed by atoms with E-state index in [0.717, 1.165) is 12.8 Å². The van der Waals surface area contributed by atoms with Crippen molar-refractivity contribution in [3.05, 3.63) is 18.2 Å². The number of benzene rings is 1. The number of aliphatic hydroxyl groups excluding tert-OH is 1. The molecular formula is C17H22N2O4. The lowest BCUT2D eigenvalue weighted by Gasteiger charge is -2.37. The van der Waals surface area contributed by atoms with E-state index >= 15 is 0 Å². The number of fused-ring (bicyclic) bond motifs is 3. The number of ether oxygens (including phenoxy) is 2. The third kappa shape index (κ3) is 2.61. The molecule has 6 nitrogen and oxygen atoms in total. The number of piperidine rings is 1. The lowest BCUT2D eigenvalue weighted by atomic mass is 10.0. The van der Waals surface area contributed by atoms with Crippen molar-refractivity contribution >= 4 is 11.7 Å². The number of nitrogens with zero attached hydrogens (tertiary/aromatic N) is 1. The molecule has 1 aromatic rings. The van der Waals surface area contributed by atoms with E-state index in [1.54, 1.807) is 6.07 Å². The molecular weight excluding hydrogens is 296 g/mol. The van der Waals surface area contributed by atoms with Crippen molar-refractivity contribution in [3.8, 4) is 11.5 Å². The van der Waals surface area contributed by atoms with E-state index in [0.29, 0.717) is 30.0 Å². The van der Waals surface area contributed by atoms with Gasteiger partial charge in [0, 0.05) is 37.7 Å². The predicted molar refractivity (Wildman–Crippen MR) is 84.7 cm³/mol. The van der Waals surface area contributed by atoms with Gasteiger partial charge in [0.05, 0.1) is 6.10 Å². The molecule has 2 saturated heterocycles. The summed E-state index contributed by atoms with van der Waals surface area (Å²) in [4.78, 5) is 14.5. The fourth-order valence-corrected chi connectivity index (χ4v) is 3.97. The van der Waals surface area contributed by atoms with Crippen LogP contribution in [0.2, 0.25) is 0 Å². The fourth-order valence-electron chi connectivity index (χ4n) is 3.97. The van der Waals surface area contributed by atoms with Crippen LogP contribution in [0.3, 0.4) is 0 Å². The Kier molecular flexibility index (Phi) is 3.20. The summed E-state index contributed by atoms with van der Waals surface area (Å²) in [5.74, 6) is 0.659. The molecule has 3 heterocycles. The number of urea groups is 1. The normalized spacial score (nSPS) is 30.4. The Hall–Kier alpha value is -1.95. The number of rotatable bonds is 1. The molecule has 0 radical (unpaired) electrons. The van der Waals surface area contributed by atoms with E-state index in [-0.39, 0.29) is 24.2 Å². The van der Waals surface area contributed by atoms with Crippen molar-refractivity contribution < 1.29 is 19.4 Å². The maximum Gasteiger partial charge on any atom is 0.322 e. The molecule has 3 aliphatic heterocycles. The van der Waals surface area contributed by atoms with Crippen LogP contribution in [0.5, 0.6) is 11.5 Å². The number of hydrogen-bond acceptors (Lipinski definition) is 4. The van der Waals surface area contributed by atoms with Crippen molar-refractivity contribution in [2.24, 2.45) is 0 Å². The second-order valence-electron chi connectivity index (χ2n) is 7.11. The van der Waals surface area contributed by atoms with Gasteiger partial charge in [-0.05, 0) is 37.8 Å². The summed E-state index contributed by atoms with van der Waals surface area (Å²) in [6.07, 6.45) is 3.04. The Morgan fingerprint density at radius 3 is 2.57 bits per heavy atom. The maximum absolute atomic E-state index is 12.6. The van der Waals surface area contributed by atoms with Crippen molar-refractivity contribution in [1.82, 2.24) is 4.90 Å². The molecule has 6 heteroatoms. The first-order valence-electron chi connectivity index (χ1n) is 8.21. The van der Waals surface area contributed by atoms with Gasteiger partial charge in [0.15, 0.2) is 11.5 Å². The summed E-state index contributed by atoms with van der Waals surface area (Å²) in [5.41, 5.74) is 0.695. The van der Waals surface area contributed by atoms with Crippen LogP contribution < -0.4 is 14.8 Å². The van der Waals surface area contributed by atoms with Gasteiger partial charge in [0.25, 0.3) is 0 Å². The average Bonchev–Trinajstić information content (AvgIpc) is 2.91. The largest absolute Gasteiger partial charge is 0.449 e. The molecule has 2 N–H and O–H groups in total.